The first-order valence-corrected chi connectivity index (χ1v) is 8.15. The molecule has 0 bridgehead atoms. The highest BCUT2D eigenvalue weighted by molar-refractivity contribution is 5.73. The van der Waals surface area contributed by atoms with E-state index >= 15 is 0 Å². The van der Waals surface area contributed by atoms with Gasteiger partial charge in [-0.05, 0) is 38.7 Å². The van der Waals surface area contributed by atoms with E-state index in [-0.39, 0.29) is 11.9 Å². The second-order valence-electron chi connectivity index (χ2n) is 6.47. The number of rotatable bonds is 4. The molecule has 2 aromatic heterocycles. The van der Waals surface area contributed by atoms with Crippen molar-refractivity contribution in [1.82, 2.24) is 24.6 Å². The van der Waals surface area contributed by atoms with Crippen molar-refractivity contribution in [3.05, 3.63) is 30.4 Å². The van der Waals surface area contributed by atoms with Crippen molar-refractivity contribution < 1.29 is 4.79 Å². The number of hydrogen-bond donors (Lipinski definition) is 0. The third kappa shape index (κ3) is 3.41. The van der Waals surface area contributed by atoms with Crippen molar-refractivity contribution in [2.24, 2.45) is 5.92 Å². The summed E-state index contributed by atoms with van der Waals surface area (Å²) in [4.78, 5) is 22.5. The number of likely N-dealkylation sites (tertiary alicyclic amines) is 1. The van der Waals surface area contributed by atoms with Crippen molar-refractivity contribution in [2.75, 3.05) is 13.1 Å². The molecule has 0 spiro atoms. The zero-order chi connectivity index (χ0) is 16.4. The zero-order valence-corrected chi connectivity index (χ0v) is 13.9. The molecule has 0 aliphatic carbocycles. The van der Waals surface area contributed by atoms with Gasteiger partial charge in [-0.3, -0.25) is 14.5 Å². The van der Waals surface area contributed by atoms with Gasteiger partial charge in [0.1, 0.15) is 5.69 Å². The number of carbonyl (C=O) groups excluding carboxylic acids is 1. The lowest BCUT2D eigenvalue weighted by Crippen LogP contribution is -2.26. The Morgan fingerprint density at radius 1 is 1.39 bits per heavy atom. The molecule has 1 aliphatic rings. The Bertz CT molecular complexity index is 694. The Morgan fingerprint density at radius 3 is 2.91 bits per heavy atom. The van der Waals surface area contributed by atoms with Gasteiger partial charge in [-0.15, -0.1) is 0 Å². The molecule has 1 saturated heterocycles. The molecule has 1 atom stereocenters. The standard InChI is InChI=1S/C17H23N5O/c1-12(2)22-17(4-6-19-22)16-10-18-9-15(20-16)8-14-5-7-21(11-14)13(3)23/h4,6,9-10,12,14H,5,7-8,11H2,1-3H3/t14-/m1/s1. The van der Waals surface area contributed by atoms with Gasteiger partial charge in [-0.25, -0.2) is 4.98 Å². The van der Waals surface area contributed by atoms with Crippen LogP contribution in [0.3, 0.4) is 0 Å². The molecule has 3 heterocycles. The topological polar surface area (TPSA) is 63.9 Å². The van der Waals surface area contributed by atoms with Crippen LogP contribution in [0.1, 0.15) is 38.9 Å². The zero-order valence-electron chi connectivity index (χ0n) is 13.9. The Hall–Kier alpha value is -2.24. The highest BCUT2D eigenvalue weighted by Gasteiger charge is 2.24. The van der Waals surface area contributed by atoms with Crippen molar-refractivity contribution in [3.8, 4) is 11.4 Å². The molecule has 3 rings (SSSR count). The number of hydrogen-bond acceptors (Lipinski definition) is 4. The van der Waals surface area contributed by atoms with E-state index in [1.807, 2.05) is 21.8 Å². The number of nitrogens with zero attached hydrogens (tertiary/aromatic N) is 5. The van der Waals surface area contributed by atoms with Crippen LogP contribution in [0.2, 0.25) is 0 Å². The molecular weight excluding hydrogens is 290 g/mol. The van der Waals surface area contributed by atoms with Crippen LogP contribution in [0.15, 0.2) is 24.7 Å². The fraction of sp³-hybridized carbons (Fsp3) is 0.529. The van der Waals surface area contributed by atoms with E-state index in [4.69, 9.17) is 4.98 Å². The van der Waals surface area contributed by atoms with Crippen LogP contribution in [0, 0.1) is 5.92 Å². The normalized spacial score (nSPS) is 17.9. The van der Waals surface area contributed by atoms with Gasteiger partial charge in [0.05, 0.1) is 17.6 Å². The Balaban J connectivity index is 1.76. The van der Waals surface area contributed by atoms with Gasteiger partial charge in [0.15, 0.2) is 0 Å². The quantitative estimate of drug-likeness (QED) is 0.869. The average Bonchev–Trinajstić information content (AvgIpc) is 3.16. The summed E-state index contributed by atoms with van der Waals surface area (Å²) in [6.45, 7) is 7.51. The maximum absolute atomic E-state index is 11.4. The number of aromatic nitrogens is 4. The van der Waals surface area contributed by atoms with Gasteiger partial charge in [0.2, 0.25) is 5.91 Å². The maximum Gasteiger partial charge on any atom is 0.219 e. The molecule has 0 saturated carbocycles. The van der Waals surface area contributed by atoms with E-state index in [9.17, 15) is 4.79 Å². The summed E-state index contributed by atoms with van der Waals surface area (Å²) in [5.41, 5.74) is 2.83. The number of amides is 1. The van der Waals surface area contributed by atoms with Crippen molar-refractivity contribution in [3.63, 3.8) is 0 Å². The van der Waals surface area contributed by atoms with Gasteiger partial charge < -0.3 is 4.90 Å². The Morgan fingerprint density at radius 2 is 2.22 bits per heavy atom. The molecule has 2 aromatic rings. The molecule has 122 valence electrons. The second-order valence-corrected chi connectivity index (χ2v) is 6.47. The third-order valence-electron chi connectivity index (χ3n) is 4.34. The Labute approximate surface area is 136 Å². The van der Waals surface area contributed by atoms with Gasteiger partial charge in [0.25, 0.3) is 0 Å². The molecular formula is C17H23N5O. The monoisotopic (exact) mass is 313 g/mol. The van der Waals surface area contributed by atoms with Gasteiger partial charge in [0, 0.05) is 38.4 Å². The lowest BCUT2D eigenvalue weighted by atomic mass is 10.0. The second kappa shape index (κ2) is 6.48. The van der Waals surface area contributed by atoms with Crippen molar-refractivity contribution in [2.45, 2.75) is 39.7 Å². The smallest absolute Gasteiger partial charge is 0.219 e. The third-order valence-corrected chi connectivity index (χ3v) is 4.34. The van der Waals surface area contributed by atoms with Gasteiger partial charge >= 0.3 is 0 Å². The lowest BCUT2D eigenvalue weighted by molar-refractivity contribution is -0.127. The molecule has 0 radical (unpaired) electrons. The van der Waals surface area contributed by atoms with Gasteiger partial charge in [-0.1, -0.05) is 0 Å². The van der Waals surface area contributed by atoms with Crippen LogP contribution in [0.4, 0.5) is 0 Å². The summed E-state index contributed by atoms with van der Waals surface area (Å²) in [5.74, 6) is 0.631. The largest absolute Gasteiger partial charge is 0.343 e. The minimum Gasteiger partial charge on any atom is -0.343 e. The SMILES string of the molecule is CC(=O)N1CC[C@H](Cc2cncc(-c3ccnn3C(C)C)n2)C1. The highest BCUT2D eigenvalue weighted by atomic mass is 16.2. The molecule has 0 unspecified atom stereocenters. The van der Waals surface area contributed by atoms with E-state index in [0.717, 1.165) is 43.0 Å². The molecule has 1 amide bonds. The molecule has 23 heavy (non-hydrogen) atoms. The fourth-order valence-corrected chi connectivity index (χ4v) is 3.14. The van der Waals surface area contributed by atoms with Crippen LogP contribution in [-0.4, -0.2) is 43.6 Å². The predicted molar refractivity (Wildman–Crippen MR) is 87.7 cm³/mol. The minimum atomic E-state index is 0.160. The van der Waals surface area contributed by atoms with E-state index in [1.165, 1.54) is 0 Å². The number of carbonyl (C=O) groups is 1. The molecule has 1 aliphatic heterocycles. The molecule has 1 fully saturated rings. The van der Waals surface area contributed by atoms with Crippen molar-refractivity contribution in [1.29, 1.82) is 0 Å². The first-order valence-electron chi connectivity index (χ1n) is 8.15. The van der Waals surface area contributed by atoms with Crippen LogP contribution >= 0.6 is 0 Å². The summed E-state index contributed by atoms with van der Waals surface area (Å²) in [5, 5.41) is 4.36. The first kappa shape index (κ1) is 15.6. The van der Waals surface area contributed by atoms with Crippen LogP contribution in [-0.2, 0) is 11.2 Å². The van der Waals surface area contributed by atoms with E-state index in [2.05, 4.69) is 23.9 Å². The van der Waals surface area contributed by atoms with Crippen molar-refractivity contribution >= 4 is 5.91 Å². The minimum absolute atomic E-state index is 0.160. The summed E-state index contributed by atoms with van der Waals surface area (Å²) in [6.07, 6.45) is 7.31. The van der Waals surface area contributed by atoms with Gasteiger partial charge in [-0.2, -0.15) is 5.10 Å². The lowest BCUT2D eigenvalue weighted by Gasteiger charge is -2.14. The molecule has 6 nitrogen and oxygen atoms in total. The first-order chi connectivity index (χ1) is 11.0. The van der Waals surface area contributed by atoms with E-state index in [0.29, 0.717) is 5.92 Å². The predicted octanol–water partition coefficient (Wildman–Crippen LogP) is 2.33. The maximum atomic E-state index is 11.4. The Kier molecular flexibility index (Phi) is 4.41. The summed E-state index contributed by atoms with van der Waals surface area (Å²) in [6, 6.07) is 2.25. The molecule has 0 aromatic carbocycles. The fourth-order valence-electron chi connectivity index (χ4n) is 3.14. The molecule has 6 heteroatoms. The van der Waals surface area contributed by atoms with E-state index in [1.54, 1.807) is 19.3 Å². The van der Waals surface area contributed by atoms with E-state index < -0.39 is 0 Å². The summed E-state index contributed by atoms with van der Waals surface area (Å²) in [7, 11) is 0. The summed E-state index contributed by atoms with van der Waals surface area (Å²) < 4.78 is 1.96. The summed E-state index contributed by atoms with van der Waals surface area (Å²) >= 11 is 0. The molecule has 0 N–H and O–H groups in total. The van der Waals surface area contributed by atoms with Crippen LogP contribution < -0.4 is 0 Å². The average molecular weight is 313 g/mol. The highest BCUT2D eigenvalue weighted by Crippen LogP contribution is 2.23. The van der Waals surface area contributed by atoms with Crippen LogP contribution in [0.25, 0.3) is 11.4 Å². The van der Waals surface area contributed by atoms with Crippen LogP contribution in [0.5, 0.6) is 0 Å².